The van der Waals surface area contributed by atoms with E-state index in [1.165, 1.54) is 0 Å². The maximum atomic E-state index is 5.17. The van der Waals surface area contributed by atoms with E-state index in [1.807, 2.05) is 16.8 Å². The second-order valence-electron chi connectivity index (χ2n) is 3.26. The smallest absolute Gasteiger partial charge is 0.244 e. The topological polar surface area (TPSA) is 51.0 Å². The highest BCUT2D eigenvalue weighted by Gasteiger charge is 2.24. The Labute approximate surface area is 85.0 Å². The van der Waals surface area contributed by atoms with E-state index in [0.717, 1.165) is 18.5 Å². The normalized spacial score (nSPS) is 20.7. The van der Waals surface area contributed by atoms with E-state index in [9.17, 15) is 0 Å². The Morgan fingerprint density at radius 2 is 2.50 bits per heavy atom. The Morgan fingerprint density at radius 3 is 3.14 bits per heavy atom. The second kappa shape index (κ2) is 3.18. The molecule has 0 bridgehead atoms. The molecule has 0 saturated carbocycles. The fraction of sp³-hybridized carbons (Fsp3) is 0.333. The van der Waals surface area contributed by atoms with Gasteiger partial charge in [0.15, 0.2) is 0 Å². The molecule has 2 aromatic heterocycles. The Morgan fingerprint density at radius 1 is 1.57 bits per heavy atom. The Bertz CT molecular complexity index is 419. The van der Waals surface area contributed by atoms with Crippen molar-refractivity contribution in [1.82, 2.24) is 15.5 Å². The van der Waals surface area contributed by atoms with Crippen LogP contribution in [0, 0.1) is 0 Å². The van der Waals surface area contributed by atoms with Crippen molar-refractivity contribution in [3.63, 3.8) is 0 Å². The largest absolute Gasteiger partial charge is 0.337 e. The highest BCUT2D eigenvalue weighted by molar-refractivity contribution is 7.08. The van der Waals surface area contributed by atoms with Crippen molar-refractivity contribution >= 4 is 11.3 Å². The van der Waals surface area contributed by atoms with Crippen molar-refractivity contribution < 1.29 is 4.52 Å². The van der Waals surface area contributed by atoms with Crippen molar-refractivity contribution in [2.75, 3.05) is 6.54 Å². The minimum absolute atomic E-state index is 0.273. The molecule has 3 rings (SSSR count). The summed E-state index contributed by atoms with van der Waals surface area (Å²) in [5.74, 6) is 1.40. The molecule has 0 radical (unpaired) electrons. The summed E-state index contributed by atoms with van der Waals surface area (Å²) < 4.78 is 5.17. The predicted molar refractivity (Wildman–Crippen MR) is 53.0 cm³/mol. The molecule has 1 saturated heterocycles. The maximum Gasteiger partial charge on any atom is 0.244 e. The lowest BCUT2D eigenvalue weighted by Crippen LogP contribution is -2.35. The third-order valence-electron chi connectivity index (χ3n) is 2.34. The van der Waals surface area contributed by atoms with Gasteiger partial charge in [0.2, 0.25) is 11.7 Å². The molecule has 1 aliphatic heterocycles. The van der Waals surface area contributed by atoms with Gasteiger partial charge in [0.05, 0.1) is 6.04 Å². The third-order valence-corrected chi connectivity index (χ3v) is 3.03. The molecule has 0 amide bonds. The van der Waals surface area contributed by atoms with Crippen molar-refractivity contribution in [3.8, 4) is 11.4 Å². The highest BCUT2D eigenvalue weighted by atomic mass is 32.1. The van der Waals surface area contributed by atoms with E-state index in [-0.39, 0.29) is 6.04 Å². The van der Waals surface area contributed by atoms with Crippen LogP contribution in [0.5, 0.6) is 0 Å². The van der Waals surface area contributed by atoms with Gasteiger partial charge in [0.25, 0.3) is 0 Å². The van der Waals surface area contributed by atoms with Crippen molar-refractivity contribution in [1.29, 1.82) is 0 Å². The standard InChI is InChI=1S/C9H9N3OS/c1-3-10-7(1)9-11-8(12-13-9)6-2-4-14-5-6/h2,4-5,7,10H,1,3H2/t7-/m1/s1. The molecule has 5 heteroatoms. The molecule has 72 valence electrons. The number of nitrogens with zero attached hydrogens (tertiary/aromatic N) is 2. The van der Waals surface area contributed by atoms with Gasteiger partial charge in [-0.05, 0) is 24.4 Å². The molecule has 1 atom stereocenters. The number of nitrogens with one attached hydrogen (secondary N) is 1. The van der Waals surface area contributed by atoms with E-state index in [0.29, 0.717) is 11.7 Å². The first-order valence-electron chi connectivity index (χ1n) is 4.53. The quantitative estimate of drug-likeness (QED) is 0.816. The monoisotopic (exact) mass is 207 g/mol. The van der Waals surface area contributed by atoms with Gasteiger partial charge >= 0.3 is 0 Å². The lowest BCUT2D eigenvalue weighted by atomic mass is 10.1. The minimum Gasteiger partial charge on any atom is -0.337 e. The van der Waals surface area contributed by atoms with E-state index in [4.69, 9.17) is 4.52 Å². The zero-order valence-electron chi connectivity index (χ0n) is 7.43. The van der Waals surface area contributed by atoms with Crippen LogP contribution in [0.25, 0.3) is 11.4 Å². The van der Waals surface area contributed by atoms with Gasteiger partial charge in [0, 0.05) is 10.9 Å². The third kappa shape index (κ3) is 1.25. The van der Waals surface area contributed by atoms with Gasteiger partial charge in [-0.25, -0.2) is 0 Å². The van der Waals surface area contributed by atoms with Crippen molar-refractivity contribution in [2.45, 2.75) is 12.5 Å². The molecule has 0 aromatic carbocycles. The molecule has 2 aromatic rings. The summed E-state index contributed by atoms with van der Waals surface area (Å²) in [6.45, 7) is 1.04. The zero-order valence-corrected chi connectivity index (χ0v) is 8.25. The van der Waals surface area contributed by atoms with Gasteiger partial charge in [0.1, 0.15) is 0 Å². The lowest BCUT2D eigenvalue weighted by molar-refractivity contribution is 0.273. The first kappa shape index (κ1) is 8.14. The van der Waals surface area contributed by atoms with Gasteiger partial charge in [-0.15, -0.1) is 0 Å². The van der Waals surface area contributed by atoms with Crippen LogP contribution in [0.3, 0.4) is 0 Å². The number of aromatic nitrogens is 2. The van der Waals surface area contributed by atoms with E-state index in [1.54, 1.807) is 11.3 Å². The molecular formula is C9H9N3OS. The molecule has 4 nitrogen and oxygen atoms in total. The summed E-state index contributed by atoms with van der Waals surface area (Å²) in [6.07, 6.45) is 1.09. The fourth-order valence-corrected chi connectivity index (χ4v) is 2.02. The maximum absolute atomic E-state index is 5.17. The summed E-state index contributed by atoms with van der Waals surface area (Å²) in [7, 11) is 0. The minimum atomic E-state index is 0.273. The summed E-state index contributed by atoms with van der Waals surface area (Å²) in [6, 6.07) is 2.27. The first-order valence-corrected chi connectivity index (χ1v) is 5.47. The van der Waals surface area contributed by atoms with Crippen LogP contribution in [0.2, 0.25) is 0 Å². The van der Waals surface area contributed by atoms with E-state index < -0.39 is 0 Å². The number of hydrogen-bond donors (Lipinski definition) is 1. The lowest BCUT2D eigenvalue weighted by Gasteiger charge is -2.23. The highest BCUT2D eigenvalue weighted by Crippen LogP contribution is 2.24. The van der Waals surface area contributed by atoms with Crippen LogP contribution in [-0.4, -0.2) is 16.7 Å². The predicted octanol–water partition coefficient (Wildman–Crippen LogP) is 1.83. The number of thiophene rings is 1. The van der Waals surface area contributed by atoms with Crippen LogP contribution < -0.4 is 5.32 Å². The molecule has 1 fully saturated rings. The van der Waals surface area contributed by atoms with Crippen LogP contribution in [-0.2, 0) is 0 Å². The molecule has 0 unspecified atom stereocenters. The van der Waals surface area contributed by atoms with Crippen LogP contribution in [0.15, 0.2) is 21.3 Å². The van der Waals surface area contributed by atoms with Gasteiger partial charge < -0.3 is 9.84 Å². The van der Waals surface area contributed by atoms with Gasteiger partial charge in [-0.3, -0.25) is 0 Å². The summed E-state index contributed by atoms with van der Waals surface area (Å²) in [5.41, 5.74) is 1.03. The van der Waals surface area contributed by atoms with Gasteiger partial charge in [-0.1, -0.05) is 5.16 Å². The average molecular weight is 207 g/mol. The molecule has 0 aliphatic carbocycles. The first-order chi connectivity index (χ1) is 6.93. The molecule has 3 heterocycles. The van der Waals surface area contributed by atoms with Crippen molar-refractivity contribution in [3.05, 3.63) is 22.7 Å². The summed E-state index contributed by atoms with van der Waals surface area (Å²) in [4.78, 5) is 4.34. The van der Waals surface area contributed by atoms with Gasteiger partial charge in [-0.2, -0.15) is 16.3 Å². The Kier molecular flexibility index (Phi) is 1.85. The molecule has 1 aliphatic rings. The number of rotatable bonds is 2. The summed E-state index contributed by atoms with van der Waals surface area (Å²) in [5, 5.41) is 11.2. The average Bonchev–Trinajstić information content (AvgIpc) is 2.65. The van der Waals surface area contributed by atoms with E-state index in [2.05, 4.69) is 15.5 Å². The SMILES string of the molecule is c1cc(-c2noc([C@H]3CCN3)n2)cs1. The fourth-order valence-electron chi connectivity index (χ4n) is 1.39. The van der Waals surface area contributed by atoms with Crippen LogP contribution in [0.4, 0.5) is 0 Å². The Balaban J connectivity index is 1.90. The van der Waals surface area contributed by atoms with Crippen LogP contribution in [0.1, 0.15) is 18.4 Å². The Hall–Kier alpha value is -1.20. The second-order valence-corrected chi connectivity index (χ2v) is 4.04. The molecular weight excluding hydrogens is 198 g/mol. The van der Waals surface area contributed by atoms with E-state index >= 15 is 0 Å². The molecule has 14 heavy (non-hydrogen) atoms. The van der Waals surface area contributed by atoms with Crippen LogP contribution >= 0.6 is 11.3 Å². The zero-order chi connectivity index (χ0) is 9.38. The summed E-state index contributed by atoms with van der Waals surface area (Å²) >= 11 is 1.63. The molecule has 0 spiro atoms. The number of hydrogen-bond acceptors (Lipinski definition) is 5. The van der Waals surface area contributed by atoms with Crippen molar-refractivity contribution in [2.24, 2.45) is 0 Å². The molecule has 1 N–H and O–H groups in total.